The lowest BCUT2D eigenvalue weighted by Gasteiger charge is -2.22. The summed E-state index contributed by atoms with van der Waals surface area (Å²) in [4.78, 5) is 13.2. The van der Waals surface area contributed by atoms with Gasteiger partial charge in [-0.3, -0.25) is 9.69 Å². The number of carbonyl (C=O) groups is 1. The van der Waals surface area contributed by atoms with Gasteiger partial charge in [0, 0.05) is 18.7 Å². The number of hydrogen-bond donors (Lipinski definition) is 2. The standard InChI is InChI=1S/C15H25N3O2/c1-3-4-7-18(11-15(17)19)10-13-8-12(9-16)5-6-14(13)20-2/h5-6,8H,3-4,7,9-11,16H2,1-2H3,(H2,17,19). The summed E-state index contributed by atoms with van der Waals surface area (Å²) in [6.45, 7) is 4.35. The van der Waals surface area contributed by atoms with Gasteiger partial charge in [-0.1, -0.05) is 19.4 Å². The average Bonchev–Trinajstić information content (AvgIpc) is 2.44. The van der Waals surface area contributed by atoms with Crippen LogP contribution in [-0.2, 0) is 17.9 Å². The number of ether oxygens (including phenoxy) is 1. The van der Waals surface area contributed by atoms with E-state index in [0.29, 0.717) is 13.1 Å². The molecule has 0 heterocycles. The third-order valence-electron chi connectivity index (χ3n) is 3.18. The molecule has 112 valence electrons. The van der Waals surface area contributed by atoms with E-state index in [4.69, 9.17) is 16.2 Å². The highest BCUT2D eigenvalue weighted by molar-refractivity contribution is 5.75. The van der Waals surface area contributed by atoms with Gasteiger partial charge in [-0.15, -0.1) is 0 Å². The normalized spacial score (nSPS) is 10.8. The summed E-state index contributed by atoms with van der Waals surface area (Å²) in [6, 6.07) is 5.89. The second-order valence-corrected chi connectivity index (χ2v) is 4.88. The minimum atomic E-state index is -0.310. The largest absolute Gasteiger partial charge is 0.496 e. The van der Waals surface area contributed by atoms with Crippen molar-refractivity contribution < 1.29 is 9.53 Å². The maximum Gasteiger partial charge on any atom is 0.231 e. The fourth-order valence-corrected chi connectivity index (χ4v) is 2.14. The quantitative estimate of drug-likeness (QED) is 0.712. The van der Waals surface area contributed by atoms with Crippen molar-refractivity contribution in [3.8, 4) is 5.75 Å². The summed E-state index contributed by atoms with van der Waals surface area (Å²) >= 11 is 0. The molecular formula is C15H25N3O2. The third-order valence-corrected chi connectivity index (χ3v) is 3.18. The van der Waals surface area contributed by atoms with Gasteiger partial charge in [-0.05, 0) is 30.7 Å². The topological polar surface area (TPSA) is 81.6 Å². The lowest BCUT2D eigenvalue weighted by molar-refractivity contribution is -0.119. The van der Waals surface area contributed by atoms with Crippen molar-refractivity contribution in [2.75, 3.05) is 20.2 Å². The van der Waals surface area contributed by atoms with Crippen LogP contribution in [0.2, 0.25) is 0 Å². The van der Waals surface area contributed by atoms with Crippen LogP contribution in [0.5, 0.6) is 5.75 Å². The molecule has 0 aliphatic rings. The van der Waals surface area contributed by atoms with Crippen molar-refractivity contribution in [2.45, 2.75) is 32.9 Å². The van der Waals surface area contributed by atoms with Gasteiger partial charge < -0.3 is 16.2 Å². The van der Waals surface area contributed by atoms with Crippen molar-refractivity contribution >= 4 is 5.91 Å². The van der Waals surface area contributed by atoms with E-state index in [-0.39, 0.29) is 12.5 Å². The molecule has 1 rings (SSSR count). The van der Waals surface area contributed by atoms with Gasteiger partial charge in [-0.25, -0.2) is 0 Å². The number of carbonyl (C=O) groups excluding carboxylic acids is 1. The van der Waals surface area contributed by atoms with E-state index in [1.807, 2.05) is 23.1 Å². The molecule has 1 aromatic rings. The van der Waals surface area contributed by atoms with Gasteiger partial charge in [0.2, 0.25) is 5.91 Å². The molecule has 0 radical (unpaired) electrons. The number of methoxy groups -OCH3 is 1. The number of benzene rings is 1. The second-order valence-electron chi connectivity index (χ2n) is 4.88. The van der Waals surface area contributed by atoms with Crippen molar-refractivity contribution in [1.29, 1.82) is 0 Å². The Bertz CT molecular complexity index is 435. The lowest BCUT2D eigenvalue weighted by Crippen LogP contribution is -2.34. The SMILES string of the molecule is CCCCN(CC(N)=O)Cc1cc(CN)ccc1OC. The highest BCUT2D eigenvalue weighted by atomic mass is 16.5. The number of amides is 1. The predicted octanol–water partition coefficient (Wildman–Crippen LogP) is 1.24. The van der Waals surface area contributed by atoms with Crippen molar-refractivity contribution in [2.24, 2.45) is 11.5 Å². The van der Waals surface area contributed by atoms with E-state index < -0.39 is 0 Å². The highest BCUT2D eigenvalue weighted by Crippen LogP contribution is 2.21. The molecule has 0 aliphatic carbocycles. The van der Waals surface area contributed by atoms with Gasteiger partial charge in [0.05, 0.1) is 13.7 Å². The third kappa shape index (κ3) is 5.19. The summed E-state index contributed by atoms with van der Waals surface area (Å²) in [5.41, 5.74) is 13.1. The van der Waals surface area contributed by atoms with Gasteiger partial charge in [0.1, 0.15) is 5.75 Å². The van der Waals surface area contributed by atoms with E-state index in [1.165, 1.54) is 0 Å². The van der Waals surface area contributed by atoms with Crippen LogP contribution in [-0.4, -0.2) is 31.0 Å². The first-order valence-electron chi connectivity index (χ1n) is 6.97. The number of nitrogens with zero attached hydrogens (tertiary/aromatic N) is 1. The van der Waals surface area contributed by atoms with Crippen molar-refractivity contribution in [3.05, 3.63) is 29.3 Å². The van der Waals surface area contributed by atoms with Gasteiger partial charge >= 0.3 is 0 Å². The van der Waals surface area contributed by atoms with E-state index in [1.54, 1.807) is 7.11 Å². The Morgan fingerprint density at radius 3 is 2.70 bits per heavy atom. The monoisotopic (exact) mass is 279 g/mol. The zero-order valence-electron chi connectivity index (χ0n) is 12.4. The van der Waals surface area contributed by atoms with E-state index >= 15 is 0 Å². The molecule has 0 aromatic heterocycles. The van der Waals surface area contributed by atoms with Crippen molar-refractivity contribution in [1.82, 2.24) is 4.90 Å². The average molecular weight is 279 g/mol. The molecule has 0 unspecified atom stereocenters. The van der Waals surface area contributed by atoms with Crippen LogP contribution in [0.15, 0.2) is 18.2 Å². The smallest absolute Gasteiger partial charge is 0.231 e. The van der Waals surface area contributed by atoms with Crippen LogP contribution < -0.4 is 16.2 Å². The number of primary amides is 1. The Kier molecular flexibility index (Phi) is 7.04. The lowest BCUT2D eigenvalue weighted by atomic mass is 10.1. The van der Waals surface area contributed by atoms with Crippen LogP contribution in [0.3, 0.4) is 0 Å². The molecule has 20 heavy (non-hydrogen) atoms. The molecule has 0 spiro atoms. The fourth-order valence-electron chi connectivity index (χ4n) is 2.14. The van der Waals surface area contributed by atoms with Crippen LogP contribution in [0.25, 0.3) is 0 Å². The summed E-state index contributed by atoms with van der Waals surface area (Å²) in [6.07, 6.45) is 2.11. The number of hydrogen-bond acceptors (Lipinski definition) is 4. The van der Waals surface area contributed by atoms with E-state index in [0.717, 1.165) is 36.3 Å². The molecule has 0 fully saturated rings. The summed E-state index contributed by atoms with van der Waals surface area (Å²) < 4.78 is 5.37. The Hall–Kier alpha value is -1.59. The molecule has 1 aromatic carbocycles. The Morgan fingerprint density at radius 1 is 1.40 bits per heavy atom. The van der Waals surface area contributed by atoms with Crippen LogP contribution >= 0.6 is 0 Å². The Morgan fingerprint density at radius 2 is 2.15 bits per heavy atom. The number of rotatable bonds is 9. The molecule has 4 N–H and O–H groups in total. The molecular weight excluding hydrogens is 254 g/mol. The first kappa shape index (κ1) is 16.5. The molecule has 5 heteroatoms. The van der Waals surface area contributed by atoms with Gasteiger partial charge in [0.25, 0.3) is 0 Å². The first-order valence-corrected chi connectivity index (χ1v) is 6.97. The molecule has 0 saturated heterocycles. The zero-order chi connectivity index (χ0) is 15.0. The predicted molar refractivity (Wildman–Crippen MR) is 80.3 cm³/mol. The maximum atomic E-state index is 11.2. The number of nitrogens with two attached hydrogens (primary N) is 2. The minimum Gasteiger partial charge on any atom is -0.496 e. The van der Waals surface area contributed by atoms with Crippen LogP contribution in [0.1, 0.15) is 30.9 Å². The van der Waals surface area contributed by atoms with E-state index in [9.17, 15) is 4.79 Å². The maximum absolute atomic E-state index is 11.2. The first-order chi connectivity index (χ1) is 9.60. The molecule has 0 atom stereocenters. The van der Waals surface area contributed by atoms with Crippen molar-refractivity contribution in [3.63, 3.8) is 0 Å². The van der Waals surface area contributed by atoms with E-state index in [2.05, 4.69) is 6.92 Å². The summed E-state index contributed by atoms with van der Waals surface area (Å²) in [5.74, 6) is 0.503. The molecule has 0 aliphatic heterocycles. The summed E-state index contributed by atoms with van der Waals surface area (Å²) in [5, 5.41) is 0. The highest BCUT2D eigenvalue weighted by Gasteiger charge is 2.12. The molecule has 0 bridgehead atoms. The van der Waals surface area contributed by atoms with Crippen LogP contribution in [0.4, 0.5) is 0 Å². The molecule has 0 saturated carbocycles. The molecule has 5 nitrogen and oxygen atoms in total. The Balaban J connectivity index is 2.86. The molecule has 1 amide bonds. The minimum absolute atomic E-state index is 0.260. The van der Waals surface area contributed by atoms with Gasteiger partial charge in [-0.2, -0.15) is 0 Å². The summed E-state index contributed by atoms with van der Waals surface area (Å²) in [7, 11) is 1.64. The zero-order valence-corrected chi connectivity index (χ0v) is 12.4. The Labute approximate surface area is 120 Å². The number of unbranched alkanes of at least 4 members (excludes halogenated alkanes) is 1. The second kappa shape index (κ2) is 8.55. The van der Waals surface area contributed by atoms with Crippen LogP contribution in [0, 0.1) is 0 Å². The van der Waals surface area contributed by atoms with Gasteiger partial charge in [0.15, 0.2) is 0 Å². The fraction of sp³-hybridized carbons (Fsp3) is 0.533.